The SMILES string of the molecule is CN(CC(=O)Nc1cc(Cl)ccc1Cl)C(CN)C1CC1.Cl. The Labute approximate surface area is 141 Å². The first kappa shape index (κ1) is 18.5. The molecule has 0 spiro atoms. The van der Waals surface area contributed by atoms with Gasteiger partial charge in [0.15, 0.2) is 0 Å². The van der Waals surface area contributed by atoms with E-state index in [0.29, 0.717) is 34.7 Å². The highest BCUT2D eigenvalue weighted by molar-refractivity contribution is 6.35. The molecule has 1 saturated carbocycles. The van der Waals surface area contributed by atoms with Crippen molar-refractivity contribution in [1.82, 2.24) is 4.90 Å². The zero-order valence-electron chi connectivity index (χ0n) is 11.8. The third kappa shape index (κ3) is 5.31. The van der Waals surface area contributed by atoms with Gasteiger partial charge in [0.25, 0.3) is 0 Å². The van der Waals surface area contributed by atoms with E-state index in [4.69, 9.17) is 28.9 Å². The molecule has 7 heteroatoms. The number of nitrogens with zero attached hydrogens (tertiary/aromatic N) is 1. The monoisotopic (exact) mass is 351 g/mol. The summed E-state index contributed by atoms with van der Waals surface area (Å²) in [6.45, 7) is 0.869. The lowest BCUT2D eigenvalue weighted by Gasteiger charge is -2.26. The fourth-order valence-electron chi connectivity index (χ4n) is 2.34. The number of rotatable bonds is 6. The summed E-state index contributed by atoms with van der Waals surface area (Å²) in [6, 6.07) is 5.26. The molecule has 118 valence electrons. The number of carbonyl (C=O) groups excluding carboxylic acids is 1. The van der Waals surface area contributed by atoms with Crippen molar-refractivity contribution in [1.29, 1.82) is 0 Å². The van der Waals surface area contributed by atoms with E-state index in [0.717, 1.165) is 0 Å². The van der Waals surface area contributed by atoms with Crippen LogP contribution in [0.15, 0.2) is 18.2 Å². The number of benzene rings is 1. The minimum Gasteiger partial charge on any atom is -0.329 e. The highest BCUT2D eigenvalue weighted by Crippen LogP contribution is 2.34. The molecule has 1 fully saturated rings. The van der Waals surface area contributed by atoms with Crippen molar-refractivity contribution < 1.29 is 4.79 Å². The van der Waals surface area contributed by atoms with E-state index >= 15 is 0 Å². The van der Waals surface area contributed by atoms with Crippen LogP contribution < -0.4 is 11.1 Å². The molecular formula is C14H20Cl3N3O. The van der Waals surface area contributed by atoms with Gasteiger partial charge in [-0.3, -0.25) is 9.69 Å². The van der Waals surface area contributed by atoms with Gasteiger partial charge in [-0.05, 0) is 44.0 Å². The van der Waals surface area contributed by atoms with Crippen molar-refractivity contribution in [2.75, 3.05) is 25.5 Å². The second-order valence-electron chi connectivity index (χ2n) is 5.23. The molecule has 0 saturated heterocycles. The smallest absolute Gasteiger partial charge is 0.238 e. The number of halogens is 3. The normalized spacial score (nSPS) is 15.5. The largest absolute Gasteiger partial charge is 0.329 e. The number of hydrogen-bond donors (Lipinski definition) is 2. The van der Waals surface area contributed by atoms with Crippen molar-refractivity contribution >= 4 is 47.2 Å². The summed E-state index contributed by atoms with van der Waals surface area (Å²) in [7, 11) is 1.93. The van der Waals surface area contributed by atoms with E-state index in [-0.39, 0.29) is 24.4 Å². The number of likely N-dealkylation sites (N-methyl/N-ethyl adjacent to an activating group) is 1. The van der Waals surface area contributed by atoms with Crippen LogP contribution in [0.4, 0.5) is 5.69 Å². The van der Waals surface area contributed by atoms with Crippen molar-refractivity contribution in [2.24, 2.45) is 11.7 Å². The molecule has 1 aliphatic rings. The number of nitrogens with one attached hydrogen (secondary N) is 1. The zero-order chi connectivity index (χ0) is 14.7. The van der Waals surface area contributed by atoms with Crippen molar-refractivity contribution in [2.45, 2.75) is 18.9 Å². The molecule has 1 aromatic carbocycles. The Morgan fingerprint density at radius 2 is 2.14 bits per heavy atom. The van der Waals surface area contributed by atoms with Gasteiger partial charge in [0, 0.05) is 17.6 Å². The number of nitrogens with two attached hydrogens (primary N) is 1. The first-order chi connectivity index (χ1) is 9.51. The zero-order valence-corrected chi connectivity index (χ0v) is 14.1. The maximum atomic E-state index is 12.1. The number of carbonyl (C=O) groups is 1. The van der Waals surface area contributed by atoms with Gasteiger partial charge in [-0.15, -0.1) is 12.4 Å². The molecule has 1 aliphatic carbocycles. The Morgan fingerprint density at radius 1 is 1.48 bits per heavy atom. The van der Waals surface area contributed by atoms with Crippen LogP contribution in [0.1, 0.15) is 12.8 Å². The predicted octanol–water partition coefficient (Wildman–Crippen LogP) is 3.02. The molecule has 4 nitrogen and oxygen atoms in total. The molecule has 0 aromatic heterocycles. The molecule has 21 heavy (non-hydrogen) atoms. The Morgan fingerprint density at radius 3 is 2.71 bits per heavy atom. The van der Waals surface area contributed by atoms with Crippen LogP contribution in [-0.4, -0.2) is 37.0 Å². The van der Waals surface area contributed by atoms with E-state index in [2.05, 4.69) is 5.32 Å². The summed E-state index contributed by atoms with van der Waals surface area (Å²) in [5.74, 6) is 0.517. The lowest BCUT2D eigenvalue weighted by Crippen LogP contribution is -2.43. The molecule has 1 atom stereocenters. The molecular weight excluding hydrogens is 333 g/mol. The summed E-state index contributed by atoms with van der Waals surface area (Å²) in [5.41, 5.74) is 6.31. The van der Waals surface area contributed by atoms with E-state index in [9.17, 15) is 4.79 Å². The van der Waals surface area contributed by atoms with Crippen molar-refractivity contribution in [3.8, 4) is 0 Å². The fraction of sp³-hybridized carbons (Fsp3) is 0.500. The fourth-order valence-corrected chi connectivity index (χ4v) is 2.68. The van der Waals surface area contributed by atoms with Gasteiger partial charge in [0.1, 0.15) is 0 Å². The second kappa shape index (κ2) is 8.20. The minimum absolute atomic E-state index is 0. The molecule has 1 aromatic rings. The molecule has 0 heterocycles. The van der Waals surface area contributed by atoms with Gasteiger partial charge in [0.2, 0.25) is 5.91 Å². The van der Waals surface area contributed by atoms with Gasteiger partial charge in [-0.2, -0.15) is 0 Å². The van der Waals surface area contributed by atoms with E-state index in [1.807, 2.05) is 11.9 Å². The summed E-state index contributed by atoms with van der Waals surface area (Å²) >= 11 is 11.9. The molecule has 0 aliphatic heterocycles. The van der Waals surface area contributed by atoms with Gasteiger partial charge in [0.05, 0.1) is 17.3 Å². The Balaban J connectivity index is 0.00000220. The van der Waals surface area contributed by atoms with Crippen LogP contribution >= 0.6 is 35.6 Å². The van der Waals surface area contributed by atoms with Crippen molar-refractivity contribution in [3.63, 3.8) is 0 Å². The summed E-state index contributed by atoms with van der Waals surface area (Å²) in [6.07, 6.45) is 2.40. The van der Waals surface area contributed by atoms with Crippen LogP contribution in [0.25, 0.3) is 0 Å². The summed E-state index contributed by atoms with van der Waals surface area (Å²) in [5, 5.41) is 3.80. The quantitative estimate of drug-likeness (QED) is 0.827. The van der Waals surface area contributed by atoms with Crippen LogP contribution in [0.2, 0.25) is 10.0 Å². The minimum atomic E-state index is -0.115. The summed E-state index contributed by atoms with van der Waals surface area (Å²) in [4.78, 5) is 14.1. The Hall–Kier alpha value is -0.520. The highest BCUT2D eigenvalue weighted by Gasteiger charge is 2.33. The first-order valence-corrected chi connectivity index (χ1v) is 7.42. The number of hydrogen-bond acceptors (Lipinski definition) is 3. The molecule has 0 bridgehead atoms. The van der Waals surface area contributed by atoms with Crippen LogP contribution in [0, 0.1) is 5.92 Å². The average Bonchev–Trinajstić information content (AvgIpc) is 3.19. The average molecular weight is 353 g/mol. The molecule has 2 rings (SSSR count). The van der Waals surface area contributed by atoms with Gasteiger partial charge in [-0.25, -0.2) is 0 Å². The third-order valence-corrected chi connectivity index (χ3v) is 4.13. The van der Waals surface area contributed by atoms with Gasteiger partial charge >= 0.3 is 0 Å². The first-order valence-electron chi connectivity index (χ1n) is 6.66. The third-order valence-electron chi connectivity index (χ3n) is 3.57. The van der Waals surface area contributed by atoms with Gasteiger partial charge in [-0.1, -0.05) is 23.2 Å². The van der Waals surface area contributed by atoms with Crippen LogP contribution in [0.5, 0.6) is 0 Å². The topological polar surface area (TPSA) is 58.4 Å². The Bertz CT molecular complexity index is 494. The van der Waals surface area contributed by atoms with E-state index in [1.165, 1.54) is 12.8 Å². The predicted molar refractivity (Wildman–Crippen MR) is 90.5 cm³/mol. The Kier molecular flexibility index (Phi) is 7.24. The highest BCUT2D eigenvalue weighted by atomic mass is 35.5. The van der Waals surface area contributed by atoms with Crippen LogP contribution in [0.3, 0.4) is 0 Å². The molecule has 0 radical (unpaired) electrons. The van der Waals surface area contributed by atoms with Gasteiger partial charge < -0.3 is 11.1 Å². The lowest BCUT2D eigenvalue weighted by molar-refractivity contribution is -0.117. The maximum Gasteiger partial charge on any atom is 0.238 e. The van der Waals surface area contributed by atoms with Crippen molar-refractivity contribution in [3.05, 3.63) is 28.2 Å². The van der Waals surface area contributed by atoms with E-state index < -0.39 is 0 Å². The number of anilines is 1. The van der Waals surface area contributed by atoms with E-state index in [1.54, 1.807) is 18.2 Å². The summed E-state index contributed by atoms with van der Waals surface area (Å²) < 4.78 is 0. The molecule has 3 N–H and O–H groups in total. The molecule has 1 unspecified atom stereocenters. The second-order valence-corrected chi connectivity index (χ2v) is 6.07. The lowest BCUT2D eigenvalue weighted by atomic mass is 10.1. The maximum absolute atomic E-state index is 12.1. The molecule has 1 amide bonds. The number of amides is 1. The standard InChI is InChI=1S/C14H19Cl2N3O.ClH/c1-19(13(7-17)9-2-3-9)8-14(20)18-12-6-10(15)4-5-11(12)16;/h4-6,9,13H,2-3,7-8,17H2,1H3,(H,18,20);1H. The van der Waals surface area contributed by atoms with Crippen LogP contribution in [-0.2, 0) is 4.79 Å².